The molecule has 0 unspecified atom stereocenters. The molecule has 90 valence electrons. The fourth-order valence-electron chi connectivity index (χ4n) is 1.53. The standard InChI is InChI=1S/C13H20BrNO/c1-10(15-9-8-13(2,3)16)11-6-4-5-7-12(11)14/h4-7,10,15-16H,8-9H2,1-3H3/t10-/m1/s1. The largest absolute Gasteiger partial charge is 0.390 e. The van der Waals surface area contributed by atoms with Crippen LogP contribution in [0.1, 0.15) is 38.8 Å². The maximum absolute atomic E-state index is 9.61. The third-order valence-electron chi connectivity index (χ3n) is 2.56. The van der Waals surface area contributed by atoms with Crippen molar-refractivity contribution in [1.82, 2.24) is 5.32 Å². The molecule has 16 heavy (non-hydrogen) atoms. The summed E-state index contributed by atoms with van der Waals surface area (Å²) in [5.74, 6) is 0. The van der Waals surface area contributed by atoms with E-state index in [4.69, 9.17) is 0 Å². The first-order valence-electron chi connectivity index (χ1n) is 5.60. The molecule has 0 heterocycles. The Hall–Kier alpha value is -0.380. The van der Waals surface area contributed by atoms with Crippen LogP contribution in [0.4, 0.5) is 0 Å². The minimum absolute atomic E-state index is 0.290. The summed E-state index contributed by atoms with van der Waals surface area (Å²) < 4.78 is 1.12. The summed E-state index contributed by atoms with van der Waals surface area (Å²) >= 11 is 3.54. The van der Waals surface area contributed by atoms with Crippen LogP contribution in [0.5, 0.6) is 0 Å². The summed E-state index contributed by atoms with van der Waals surface area (Å²) in [6, 6.07) is 8.48. The van der Waals surface area contributed by atoms with E-state index >= 15 is 0 Å². The van der Waals surface area contributed by atoms with Crippen LogP contribution in [0.25, 0.3) is 0 Å². The number of nitrogens with one attached hydrogen (secondary N) is 1. The Morgan fingerprint density at radius 3 is 2.56 bits per heavy atom. The zero-order valence-electron chi connectivity index (χ0n) is 10.1. The summed E-state index contributed by atoms with van der Waals surface area (Å²) in [5.41, 5.74) is 0.652. The second-order valence-corrected chi connectivity index (χ2v) is 5.61. The van der Waals surface area contributed by atoms with Crippen LogP contribution < -0.4 is 5.32 Å². The maximum Gasteiger partial charge on any atom is 0.0603 e. The number of benzene rings is 1. The minimum atomic E-state index is -0.597. The van der Waals surface area contributed by atoms with Crippen LogP contribution in [0.15, 0.2) is 28.7 Å². The molecule has 0 aliphatic heterocycles. The van der Waals surface area contributed by atoms with Gasteiger partial charge in [-0.15, -0.1) is 0 Å². The van der Waals surface area contributed by atoms with E-state index in [1.165, 1.54) is 5.56 Å². The van der Waals surface area contributed by atoms with Crippen molar-refractivity contribution < 1.29 is 5.11 Å². The van der Waals surface area contributed by atoms with Crippen molar-refractivity contribution in [3.8, 4) is 0 Å². The number of aliphatic hydroxyl groups is 1. The van der Waals surface area contributed by atoms with E-state index in [2.05, 4.69) is 34.2 Å². The fraction of sp³-hybridized carbons (Fsp3) is 0.538. The van der Waals surface area contributed by atoms with E-state index in [0.29, 0.717) is 0 Å². The summed E-state index contributed by atoms with van der Waals surface area (Å²) in [4.78, 5) is 0. The van der Waals surface area contributed by atoms with Gasteiger partial charge in [0.05, 0.1) is 5.60 Å². The van der Waals surface area contributed by atoms with Crippen LogP contribution in [-0.4, -0.2) is 17.3 Å². The fourth-order valence-corrected chi connectivity index (χ4v) is 2.16. The molecule has 1 atom stereocenters. The van der Waals surface area contributed by atoms with Gasteiger partial charge in [0.1, 0.15) is 0 Å². The van der Waals surface area contributed by atoms with Crippen molar-refractivity contribution >= 4 is 15.9 Å². The van der Waals surface area contributed by atoms with Crippen LogP contribution in [0.2, 0.25) is 0 Å². The normalized spacial score (nSPS) is 13.8. The second kappa shape index (κ2) is 5.80. The number of rotatable bonds is 5. The van der Waals surface area contributed by atoms with E-state index in [1.54, 1.807) is 0 Å². The lowest BCUT2D eigenvalue weighted by atomic mass is 10.0. The predicted octanol–water partition coefficient (Wildman–Crippen LogP) is 3.26. The van der Waals surface area contributed by atoms with Crippen LogP contribution in [-0.2, 0) is 0 Å². The summed E-state index contributed by atoms with van der Waals surface area (Å²) in [6.45, 7) is 6.60. The van der Waals surface area contributed by atoms with E-state index in [1.807, 2.05) is 32.0 Å². The first-order chi connectivity index (χ1) is 7.40. The molecule has 1 rings (SSSR count). The highest BCUT2D eigenvalue weighted by Crippen LogP contribution is 2.22. The molecule has 0 spiro atoms. The molecule has 0 aromatic heterocycles. The summed E-state index contributed by atoms with van der Waals surface area (Å²) in [6.07, 6.45) is 0.752. The molecule has 0 amide bonds. The lowest BCUT2D eigenvalue weighted by Gasteiger charge is -2.20. The average Bonchev–Trinajstić information content (AvgIpc) is 2.16. The van der Waals surface area contributed by atoms with Crippen LogP contribution in [0, 0.1) is 0 Å². The van der Waals surface area contributed by atoms with Gasteiger partial charge in [0, 0.05) is 10.5 Å². The Bertz CT molecular complexity index is 333. The number of hydrogen-bond acceptors (Lipinski definition) is 2. The molecule has 0 fully saturated rings. The highest BCUT2D eigenvalue weighted by atomic mass is 79.9. The van der Waals surface area contributed by atoms with Crippen molar-refractivity contribution in [2.45, 2.75) is 38.8 Å². The van der Waals surface area contributed by atoms with Crippen molar-refractivity contribution in [2.24, 2.45) is 0 Å². The SMILES string of the molecule is C[C@@H](NCCC(C)(C)O)c1ccccc1Br. The van der Waals surface area contributed by atoms with E-state index < -0.39 is 5.60 Å². The van der Waals surface area contributed by atoms with Gasteiger partial charge in [-0.05, 0) is 45.4 Å². The predicted molar refractivity (Wildman–Crippen MR) is 71.5 cm³/mol. The molecule has 2 N–H and O–H groups in total. The third-order valence-corrected chi connectivity index (χ3v) is 3.28. The molecule has 2 nitrogen and oxygen atoms in total. The van der Waals surface area contributed by atoms with Crippen LogP contribution >= 0.6 is 15.9 Å². The van der Waals surface area contributed by atoms with Gasteiger partial charge in [-0.2, -0.15) is 0 Å². The molecular weight excluding hydrogens is 266 g/mol. The molecule has 0 saturated heterocycles. The van der Waals surface area contributed by atoms with Crippen molar-refractivity contribution in [3.63, 3.8) is 0 Å². The van der Waals surface area contributed by atoms with Gasteiger partial charge in [0.15, 0.2) is 0 Å². The summed E-state index contributed by atoms with van der Waals surface area (Å²) in [7, 11) is 0. The summed E-state index contributed by atoms with van der Waals surface area (Å²) in [5, 5.41) is 13.0. The van der Waals surface area contributed by atoms with Crippen LogP contribution in [0.3, 0.4) is 0 Å². The zero-order valence-corrected chi connectivity index (χ0v) is 11.7. The van der Waals surface area contributed by atoms with Crippen molar-refractivity contribution in [3.05, 3.63) is 34.3 Å². The molecule has 0 saturated carbocycles. The number of hydrogen-bond donors (Lipinski definition) is 2. The Morgan fingerprint density at radius 2 is 2.00 bits per heavy atom. The Kier molecular flexibility index (Phi) is 4.96. The monoisotopic (exact) mass is 285 g/mol. The molecule has 3 heteroatoms. The molecule has 1 aromatic rings. The molecule has 0 radical (unpaired) electrons. The van der Waals surface area contributed by atoms with Gasteiger partial charge < -0.3 is 10.4 Å². The maximum atomic E-state index is 9.61. The third kappa shape index (κ3) is 4.64. The first-order valence-corrected chi connectivity index (χ1v) is 6.39. The quantitative estimate of drug-likeness (QED) is 0.870. The Morgan fingerprint density at radius 1 is 1.38 bits per heavy atom. The van der Waals surface area contributed by atoms with E-state index in [0.717, 1.165) is 17.4 Å². The highest BCUT2D eigenvalue weighted by molar-refractivity contribution is 9.10. The smallest absolute Gasteiger partial charge is 0.0603 e. The zero-order chi connectivity index (χ0) is 12.2. The van der Waals surface area contributed by atoms with Gasteiger partial charge in [0.2, 0.25) is 0 Å². The number of halogens is 1. The Labute approximate surface area is 106 Å². The van der Waals surface area contributed by atoms with Crippen molar-refractivity contribution in [2.75, 3.05) is 6.54 Å². The molecule has 0 bridgehead atoms. The molecule has 0 aliphatic rings. The van der Waals surface area contributed by atoms with Crippen molar-refractivity contribution in [1.29, 1.82) is 0 Å². The van der Waals surface area contributed by atoms with Gasteiger partial charge in [-0.25, -0.2) is 0 Å². The first kappa shape index (κ1) is 13.7. The lowest BCUT2D eigenvalue weighted by Crippen LogP contribution is -2.28. The Balaban J connectivity index is 2.47. The topological polar surface area (TPSA) is 32.3 Å². The van der Waals surface area contributed by atoms with Gasteiger partial charge in [-0.3, -0.25) is 0 Å². The highest BCUT2D eigenvalue weighted by Gasteiger charge is 2.13. The van der Waals surface area contributed by atoms with Gasteiger partial charge >= 0.3 is 0 Å². The minimum Gasteiger partial charge on any atom is -0.390 e. The molecule has 0 aliphatic carbocycles. The van der Waals surface area contributed by atoms with Gasteiger partial charge in [-0.1, -0.05) is 34.1 Å². The lowest BCUT2D eigenvalue weighted by molar-refractivity contribution is 0.0705. The molecule has 1 aromatic carbocycles. The van der Waals surface area contributed by atoms with E-state index in [9.17, 15) is 5.11 Å². The second-order valence-electron chi connectivity index (χ2n) is 4.76. The van der Waals surface area contributed by atoms with Gasteiger partial charge in [0.25, 0.3) is 0 Å². The molecular formula is C13H20BrNO. The van der Waals surface area contributed by atoms with E-state index in [-0.39, 0.29) is 6.04 Å². The average molecular weight is 286 g/mol.